The SMILES string of the molecule is CCCCCCCCCc1ccc(O)c(CNC(C)NCCN)c1. The lowest BCUT2D eigenvalue weighted by molar-refractivity contribution is 0.437. The molecule has 0 spiro atoms. The van der Waals surface area contributed by atoms with Crippen LogP contribution in [-0.4, -0.2) is 24.4 Å². The summed E-state index contributed by atoms with van der Waals surface area (Å²) in [5.74, 6) is 0.372. The van der Waals surface area contributed by atoms with Crippen molar-refractivity contribution in [3.63, 3.8) is 0 Å². The molecule has 1 unspecified atom stereocenters. The van der Waals surface area contributed by atoms with Gasteiger partial charge in [0, 0.05) is 25.2 Å². The van der Waals surface area contributed by atoms with Gasteiger partial charge < -0.3 is 16.2 Å². The Bertz CT molecular complexity index is 437. The summed E-state index contributed by atoms with van der Waals surface area (Å²) in [7, 11) is 0. The summed E-state index contributed by atoms with van der Waals surface area (Å²) in [6.45, 7) is 6.40. The number of phenolic OH excluding ortho intramolecular Hbond substituents is 1. The van der Waals surface area contributed by atoms with Gasteiger partial charge in [-0.25, -0.2) is 0 Å². The van der Waals surface area contributed by atoms with Gasteiger partial charge in [0.25, 0.3) is 0 Å². The minimum absolute atomic E-state index is 0.180. The van der Waals surface area contributed by atoms with Crippen molar-refractivity contribution in [1.29, 1.82) is 0 Å². The third-order valence-electron chi connectivity index (χ3n) is 4.41. The highest BCUT2D eigenvalue weighted by atomic mass is 16.3. The van der Waals surface area contributed by atoms with Crippen molar-refractivity contribution in [3.05, 3.63) is 29.3 Å². The largest absolute Gasteiger partial charge is 0.508 e. The fourth-order valence-electron chi connectivity index (χ4n) is 2.86. The number of aryl methyl sites for hydroxylation is 1. The van der Waals surface area contributed by atoms with E-state index in [-0.39, 0.29) is 6.17 Å². The Balaban J connectivity index is 2.31. The first-order valence-electron chi connectivity index (χ1n) is 9.65. The van der Waals surface area contributed by atoms with Gasteiger partial charge in [-0.05, 0) is 31.4 Å². The van der Waals surface area contributed by atoms with Crippen LogP contribution in [0, 0.1) is 0 Å². The zero-order valence-corrected chi connectivity index (χ0v) is 15.6. The Morgan fingerprint density at radius 3 is 2.46 bits per heavy atom. The quantitative estimate of drug-likeness (QED) is 0.309. The van der Waals surface area contributed by atoms with Gasteiger partial charge in [-0.1, -0.05) is 57.6 Å². The maximum atomic E-state index is 10.0. The Labute approximate surface area is 148 Å². The summed E-state index contributed by atoms with van der Waals surface area (Å²) in [5, 5.41) is 16.7. The first-order valence-corrected chi connectivity index (χ1v) is 9.65. The van der Waals surface area contributed by atoms with Gasteiger partial charge in [0.2, 0.25) is 0 Å². The predicted molar refractivity (Wildman–Crippen MR) is 103 cm³/mol. The van der Waals surface area contributed by atoms with Crippen LogP contribution in [0.5, 0.6) is 5.75 Å². The summed E-state index contributed by atoms with van der Waals surface area (Å²) in [6.07, 6.45) is 10.6. The first kappa shape index (κ1) is 20.9. The molecule has 0 radical (unpaired) electrons. The average molecular weight is 336 g/mol. The van der Waals surface area contributed by atoms with Crippen LogP contribution in [0.2, 0.25) is 0 Å². The minimum atomic E-state index is 0.180. The number of unbranched alkanes of at least 4 members (excludes halogenated alkanes) is 6. The second kappa shape index (κ2) is 13.2. The molecule has 1 aromatic rings. The highest BCUT2D eigenvalue weighted by molar-refractivity contribution is 5.36. The van der Waals surface area contributed by atoms with Gasteiger partial charge in [-0.3, -0.25) is 5.32 Å². The van der Waals surface area contributed by atoms with E-state index in [0.717, 1.165) is 18.5 Å². The molecule has 0 heterocycles. The Hall–Kier alpha value is -1.10. The second-order valence-corrected chi connectivity index (χ2v) is 6.68. The number of nitrogens with one attached hydrogen (secondary N) is 2. The Kier molecular flexibility index (Phi) is 11.5. The van der Waals surface area contributed by atoms with Gasteiger partial charge in [0.1, 0.15) is 5.75 Å². The van der Waals surface area contributed by atoms with Crippen molar-refractivity contribution in [3.8, 4) is 5.75 Å². The maximum absolute atomic E-state index is 10.0. The van der Waals surface area contributed by atoms with Gasteiger partial charge >= 0.3 is 0 Å². The molecule has 5 N–H and O–H groups in total. The van der Waals surface area contributed by atoms with Crippen LogP contribution in [0.3, 0.4) is 0 Å². The molecule has 138 valence electrons. The molecule has 4 heteroatoms. The molecule has 0 aliphatic rings. The van der Waals surface area contributed by atoms with Crippen LogP contribution in [0.25, 0.3) is 0 Å². The molecule has 0 saturated heterocycles. The number of phenols is 1. The molecule has 0 bridgehead atoms. The normalized spacial score (nSPS) is 12.5. The fourth-order valence-corrected chi connectivity index (χ4v) is 2.86. The van der Waals surface area contributed by atoms with E-state index in [9.17, 15) is 5.11 Å². The van der Waals surface area contributed by atoms with Crippen molar-refractivity contribution in [2.24, 2.45) is 5.73 Å². The van der Waals surface area contributed by atoms with Crippen LogP contribution in [0.15, 0.2) is 18.2 Å². The summed E-state index contributed by atoms with van der Waals surface area (Å²) < 4.78 is 0. The van der Waals surface area contributed by atoms with Crippen molar-refractivity contribution < 1.29 is 5.11 Å². The number of hydrogen-bond donors (Lipinski definition) is 4. The lowest BCUT2D eigenvalue weighted by Crippen LogP contribution is -2.41. The zero-order valence-electron chi connectivity index (χ0n) is 15.6. The molecule has 0 aliphatic heterocycles. The molecule has 1 rings (SSSR count). The summed E-state index contributed by atoms with van der Waals surface area (Å²) >= 11 is 0. The van der Waals surface area contributed by atoms with Crippen molar-refractivity contribution >= 4 is 0 Å². The van der Waals surface area contributed by atoms with E-state index in [1.807, 2.05) is 12.1 Å². The van der Waals surface area contributed by atoms with E-state index in [4.69, 9.17) is 5.73 Å². The summed E-state index contributed by atoms with van der Waals surface area (Å²) in [6, 6.07) is 6.01. The fraction of sp³-hybridized carbons (Fsp3) is 0.700. The van der Waals surface area contributed by atoms with E-state index in [1.165, 1.54) is 50.5 Å². The van der Waals surface area contributed by atoms with Gasteiger partial charge in [-0.2, -0.15) is 0 Å². The van der Waals surface area contributed by atoms with E-state index >= 15 is 0 Å². The second-order valence-electron chi connectivity index (χ2n) is 6.68. The van der Waals surface area contributed by atoms with Crippen LogP contribution in [0.4, 0.5) is 0 Å². The van der Waals surface area contributed by atoms with E-state index in [0.29, 0.717) is 18.8 Å². The molecule has 0 saturated carbocycles. The van der Waals surface area contributed by atoms with E-state index < -0.39 is 0 Å². The molecular formula is C20H37N3O. The topological polar surface area (TPSA) is 70.3 Å². The molecule has 1 aromatic carbocycles. The number of hydrogen-bond acceptors (Lipinski definition) is 4. The van der Waals surface area contributed by atoms with Gasteiger partial charge in [0.15, 0.2) is 0 Å². The smallest absolute Gasteiger partial charge is 0.120 e. The molecule has 0 amide bonds. The molecule has 4 nitrogen and oxygen atoms in total. The number of benzene rings is 1. The third kappa shape index (κ3) is 9.26. The van der Waals surface area contributed by atoms with Crippen LogP contribution in [0.1, 0.15) is 69.9 Å². The molecule has 0 aromatic heterocycles. The summed E-state index contributed by atoms with van der Waals surface area (Å²) in [5.41, 5.74) is 7.78. The lowest BCUT2D eigenvalue weighted by atomic mass is 10.0. The first-order chi connectivity index (χ1) is 11.7. The third-order valence-corrected chi connectivity index (χ3v) is 4.41. The van der Waals surface area contributed by atoms with Gasteiger partial charge in [-0.15, -0.1) is 0 Å². The van der Waals surface area contributed by atoms with Crippen molar-refractivity contribution in [2.75, 3.05) is 13.1 Å². The zero-order chi connectivity index (χ0) is 17.6. The van der Waals surface area contributed by atoms with Crippen LogP contribution in [-0.2, 0) is 13.0 Å². The standard InChI is InChI=1S/C20H37N3O/c1-3-4-5-6-7-8-9-10-18-11-12-20(24)19(15-18)16-23-17(2)22-14-13-21/h11-12,15,17,22-24H,3-10,13-14,16,21H2,1-2H3. The molecular weight excluding hydrogens is 298 g/mol. The Morgan fingerprint density at radius 1 is 1.04 bits per heavy atom. The summed E-state index contributed by atoms with van der Waals surface area (Å²) in [4.78, 5) is 0. The van der Waals surface area contributed by atoms with Crippen LogP contribution >= 0.6 is 0 Å². The highest BCUT2D eigenvalue weighted by Crippen LogP contribution is 2.20. The molecule has 1 atom stereocenters. The Morgan fingerprint density at radius 2 is 1.75 bits per heavy atom. The number of rotatable bonds is 14. The molecule has 24 heavy (non-hydrogen) atoms. The molecule has 0 fully saturated rings. The van der Waals surface area contributed by atoms with E-state index in [1.54, 1.807) is 0 Å². The monoisotopic (exact) mass is 335 g/mol. The van der Waals surface area contributed by atoms with Crippen molar-refractivity contribution in [1.82, 2.24) is 10.6 Å². The lowest BCUT2D eigenvalue weighted by Gasteiger charge is -2.16. The minimum Gasteiger partial charge on any atom is -0.508 e. The van der Waals surface area contributed by atoms with Gasteiger partial charge in [0.05, 0.1) is 6.17 Å². The number of aromatic hydroxyl groups is 1. The van der Waals surface area contributed by atoms with E-state index in [2.05, 4.69) is 30.5 Å². The average Bonchev–Trinajstić information content (AvgIpc) is 2.59. The molecule has 0 aliphatic carbocycles. The van der Waals surface area contributed by atoms with Crippen LogP contribution < -0.4 is 16.4 Å². The van der Waals surface area contributed by atoms with Crippen molar-refractivity contribution in [2.45, 2.75) is 77.9 Å². The predicted octanol–water partition coefficient (Wildman–Crippen LogP) is 3.67. The number of nitrogens with two attached hydrogens (primary N) is 1. The highest BCUT2D eigenvalue weighted by Gasteiger charge is 2.05. The maximum Gasteiger partial charge on any atom is 0.120 e.